The predicted octanol–water partition coefficient (Wildman–Crippen LogP) is 3.29. The van der Waals surface area contributed by atoms with Gasteiger partial charge in [-0.25, -0.2) is 9.97 Å². The molecular weight excluding hydrogens is 308 g/mol. The Bertz CT molecular complexity index is 746. The van der Waals surface area contributed by atoms with E-state index in [0.29, 0.717) is 11.8 Å². The number of nitrogen functional groups attached to an aromatic ring is 1. The van der Waals surface area contributed by atoms with E-state index in [0.717, 1.165) is 21.3 Å². The molecule has 2 aromatic heterocycles. The van der Waals surface area contributed by atoms with Gasteiger partial charge in [0.2, 0.25) is 11.8 Å². The molecule has 2 N–H and O–H groups in total. The standard InChI is InChI=1S/C13H13BrN4O/c1-7-6-16-12(19-7)8(2)18-11-5-9(14)3-4-10(11)17-13(18)15/h3-6,8H,1-2H3,(H2,15,17). The molecule has 0 saturated heterocycles. The third-order valence-electron chi connectivity index (χ3n) is 3.06. The molecule has 1 unspecified atom stereocenters. The van der Waals surface area contributed by atoms with Crippen LogP contribution in [-0.2, 0) is 0 Å². The first kappa shape index (κ1) is 12.2. The molecule has 0 aliphatic rings. The maximum atomic E-state index is 6.02. The Morgan fingerprint density at radius 3 is 2.89 bits per heavy atom. The zero-order chi connectivity index (χ0) is 13.6. The molecule has 1 atom stereocenters. The first-order valence-electron chi connectivity index (χ1n) is 5.91. The van der Waals surface area contributed by atoms with Crippen molar-refractivity contribution in [2.24, 2.45) is 0 Å². The Morgan fingerprint density at radius 1 is 1.42 bits per heavy atom. The molecule has 98 valence electrons. The van der Waals surface area contributed by atoms with Crippen LogP contribution in [0.15, 0.2) is 33.3 Å². The van der Waals surface area contributed by atoms with Crippen LogP contribution in [0.25, 0.3) is 11.0 Å². The number of aromatic nitrogens is 3. The van der Waals surface area contributed by atoms with Crippen molar-refractivity contribution >= 4 is 32.9 Å². The third kappa shape index (κ3) is 2.02. The quantitative estimate of drug-likeness (QED) is 0.786. The van der Waals surface area contributed by atoms with E-state index >= 15 is 0 Å². The van der Waals surface area contributed by atoms with Gasteiger partial charge in [-0.15, -0.1) is 0 Å². The van der Waals surface area contributed by atoms with Crippen molar-refractivity contribution in [2.75, 3.05) is 5.73 Å². The highest BCUT2D eigenvalue weighted by Gasteiger charge is 2.19. The summed E-state index contributed by atoms with van der Waals surface area (Å²) in [5.41, 5.74) is 7.83. The summed E-state index contributed by atoms with van der Waals surface area (Å²) < 4.78 is 8.48. The molecule has 5 nitrogen and oxygen atoms in total. The van der Waals surface area contributed by atoms with E-state index in [4.69, 9.17) is 10.2 Å². The van der Waals surface area contributed by atoms with Crippen molar-refractivity contribution in [2.45, 2.75) is 19.9 Å². The van der Waals surface area contributed by atoms with E-state index in [9.17, 15) is 0 Å². The lowest BCUT2D eigenvalue weighted by atomic mass is 10.2. The van der Waals surface area contributed by atoms with Crippen LogP contribution in [0.3, 0.4) is 0 Å². The number of hydrogen-bond acceptors (Lipinski definition) is 4. The van der Waals surface area contributed by atoms with E-state index < -0.39 is 0 Å². The van der Waals surface area contributed by atoms with Crippen LogP contribution in [0.5, 0.6) is 0 Å². The Balaban J connectivity index is 2.18. The number of fused-ring (bicyclic) bond motifs is 1. The van der Waals surface area contributed by atoms with Gasteiger partial charge >= 0.3 is 0 Å². The van der Waals surface area contributed by atoms with Gasteiger partial charge in [0.1, 0.15) is 11.8 Å². The normalized spacial score (nSPS) is 13.0. The lowest BCUT2D eigenvalue weighted by Crippen LogP contribution is -2.10. The van der Waals surface area contributed by atoms with Crippen molar-refractivity contribution in [3.8, 4) is 0 Å². The van der Waals surface area contributed by atoms with Crippen LogP contribution in [0.4, 0.5) is 5.95 Å². The third-order valence-corrected chi connectivity index (χ3v) is 3.56. The molecule has 19 heavy (non-hydrogen) atoms. The van der Waals surface area contributed by atoms with Crippen molar-refractivity contribution in [3.63, 3.8) is 0 Å². The van der Waals surface area contributed by atoms with Crippen LogP contribution < -0.4 is 5.73 Å². The lowest BCUT2D eigenvalue weighted by Gasteiger charge is -2.12. The Morgan fingerprint density at radius 2 is 2.21 bits per heavy atom. The maximum absolute atomic E-state index is 6.02. The van der Waals surface area contributed by atoms with Gasteiger partial charge in [-0.1, -0.05) is 15.9 Å². The molecule has 0 fully saturated rings. The van der Waals surface area contributed by atoms with Gasteiger partial charge in [0.05, 0.1) is 17.2 Å². The average Bonchev–Trinajstić information content (AvgIpc) is 2.91. The van der Waals surface area contributed by atoms with Crippen molar-refractivity contribution in [1.82, 2.24) is 14.5 Å². The molecule has 3 aromatic rings. The van der Waals surface area contributed by atoms with Crippen molar-refractivity contribution in [1.29, 1.82) is 0 Å². The minimum absolute atomic E-state index is 0.104. The van der Waals surface area contributed by atoms with Crippen molar-refractivity contribution < 1.29 is 4.42 Å². The van der Waals surface area contributed by atoms with Crippen LogP contribution in [0, 0.1) is 6.92 Å². The van der Waals surface area contributed by atoms with E-state index in [1.54, 1.807) is 6.20 Å². The Kier molecular flexibility index (Phi) is 2.82. The molecule has 0 saturated carbocycles. The van der Waals surface area contributed by atoms with Gasteiger partial charge in [-0.05, 0) is 32.0 Å². The largest absolute Gasteiger partial charge is 0.444 e. The molecule has 1 aromatic carbocycles. The van der Waals surface area contributed by atoms with Gasteiger partial charge < -0.3 is 10.2 Å². The summed E-state index contributed by atoms with van der Waals surface area (Å²) >= 11 is 3.46. The minimum atomic E-state index is -0.104. The number of hydrogen-bond donors (Lipinski definition) is 1. The van der Waals surface area contributed by atoms with Gasteiger partial charge in [-0.3, -0.25) is 4.57 Å². The molecule has 0 bridgehead atoms. The lowest BCUT2D eigenvalue weighted by molar-refractivity contribution is 0.421. The number of aryl methyl sites for hydroxylation is 1. The summed E-state index contributed by atoms with van der Waals surface area (Å²) in [4.78, 5) is 8.62. The van der Waals surface area contributed by atoms with E-state index in [1.165, 1.54) is 0 Å². The number of anilines is 1. The number of nitrogens with zero attached hydrogens (tertiary/aromatic N) is 3. The monoisotopic (exact) mass is 320 g/mol. The Hall–Kier alpha value is -1.82. The molecule has 6 heteroatoms. The zero-order valence-electron chi connectivity index (χ0n) is 10.6. The average molecular weight is 321 g/mol. The van der Waals surface area contributed by atoms with Crippen LogP contribution in [-0.4, -0.2) is 14.5 Å². The van der Waals surface area contributed by atoms with Crippen LogP contribution in [0.1, 0.15) is 24.6 Å². The van der Waals surface area contributed by atoms with Crippen LogP contribution >= 0.6 is 15.9 Å². The van der Waals surface area contributed by atoms with Gasteiger partial charge in [0.25, 0.3) is 0 Å². The smallest absolute Gasteiger partial charge is 0.217 e. The molecule has 0 aliphatic heterocycles. The highest BCUT2D eigenvalue weighted by Crippen LogP contribution is 2.28. The summed E-state index contributed by atoms with van der Waals surface area (Å²) in [5, 5.41) is 0. The summed E-state index contributed by atoms with van der Waals surface area (Å²) in [7, 11) is 0. The molecular formula is C13H13BrN4O. The minimum Gasteiger partial charge on any atom is -0.444 e. The number of imidazole rings is 1. The number of oxazole rings is 1. The SMILES string of the molecule is Cc1cnc(C(C)n2c(N)nc3ccc(Br)cc32)o1. The second-order valence-electron chi connectivity index (χ2n) is 4.46. The summed E-state index contributed by atoms with van der Waals surface area (Å²) in [6.45, 7) is 3.86. The predicted molar refractivity (Wildman–Crippen MR) is 76.9 cm³/mol. The fourth-order valence-electron chi connectivity index (χ4n) is 2.17. The van der Waals surface area contributed by atoms with Crippen molar-refractivity contribution in [3.05, 3.63) is 40.5 Å². The molecule has 2 heterocycles. The topological polar surface area (TPSA) is 69.9 Å². The fraction of sp³-hybridized carbons (Fsp3) is 0.231. The number of rotatable bonds is 2. The molecule has 0 aliphatic carbocycles. The van der Waals surface area contributed by atoms with E-state index in [1.807, 2.05) is 36.6 Å². The number of nitrogens with two attached hydrogens (primary N) is 1. The highest BCUT2D eigenvalue weighted by atomic mass is 79.9. The molecule has 0 radical (unpaired) electrons. The first-order valence-corrected chi connectivity index (χ1v) is 6.71. The van der Waals surface area contributed by atoms with E-state index in [2.05, 4.69) is 25.9 Å². The fourth-order valence-corrected chi connectivity index (χ4v) is 2.52. The first-order chi connectivity index (χ1) is 9.06. The van der Waals surface area contributed by atoms with Gasteiger partial charge in [-0.2, -0.15) is 0 Å². The molecule has 0 amide bonds. The summed E-state index contributed by atoms with van der Waals surface area (Å²) in [5.74, 6) is 1.87. The summed E-state index contributed by atoms with van der Waals surface area (Å²) in [6, 6.07) is 5.76. The second-order valence-corrected chi connectivity index (χ2v) is 5.37. The number of benzene rings is 1. The second kappa shape index (κ2) is 4.38. The molecule has 0 spiro atoms. The number of halogens is 1. The Labute approximate surface area is 118 Å². The molecule has 3 rings (SSSR count). The van der Waals surface area contributed by atoms with Gasteiger partial charge in [0, 0.05) is 4.47 Å². The van der Waals surface area contributed by atoms with Gasteiger partial charge in [0.15, 0.2) is 0 Å². The van der Waals surface area contributed by atoms with E-state index in [-0.39, 0.29) is 6.04 Å². The maximum Gasteiger partial charge on any atom is 0.217 e. The summed E-state index contributed by atoms with van der Waals surface area (Å²) in [6.07, 6.45) is 1.71. The zero-order valence-corrected chi connectivity index (χ0v) is 12.2. The highest BCUT2D eigenvalue weighted by molar-refractivity contribution is 9.10. The van der Waals surface area contributed by atoms with Crippen LogP contribution in [0.2, 0.25) is 0 Å².